The van der Waals surface area contributed by atoms with Crippen molar-refractivity contribution < 1.29 is 23.1 Å². The van der Waals surface area contributed by atoms with Crippen molar-refractivity contribution in [3.05, 3.63) is 59.7 Å². The summed E-state index contributed by atoms with van der Waals surface area (Å²) in [6.07, 6.45) is -0.167. The van der Waals surface area contributed by atoms with Gasteiger partial charge in [0, 0.05) is 17.3 Å². The van der Waals surface area contributed by atoms with Gasteiger partial charge >= 0.3 is 0 Å². The highest BCUT2D eigenvalue weighted by atomic mass is 19.1. The second kappa shape index (κ2) is 8.70. The zero-order chi connectivity index (χ0) is 19.1. The molecule has 0 aromatic heterocycles. The summed E-state index contributed by atoms with van der Waals surface area (Å²) in [6.45, 7) is 1.54. The Balaban J connectivity index is 1.90. The van der Waals surface area contributed by atoms with Crippen molar-refractivity contribution in [2.45, 2.75) is 13.3 Å². The van der Waals surface area contributed by atoms with Crippen LogP contribution in [-0.2, 0) is 4.79 Å². The Kier molecular flexibility index (Phi) is 6.37. The average molecular weight is 361 g/mol. The van der Waals surface area contributed by atoms with E-state index in [2.05, 4.69) is 15.8 Å². The summed E-state index contributed by atoms with van der Waals surface area (Å²) in [5, 5.41) is 6.14. The van der Waals surface area contributed by atoms with Gasteiger partial charge in [-0.2, -0.15) is 5.10 Å². The van der Waals surface area contributed by atoms with E-state index in [4.69, 9.17) is 4.74 Å². The maximum absolute atomic E-state index is 13.5. The summed E-state index contributed by atoms with van der Waals surface area (Å²) in [7, 11) is 1.52. The molecule has 0 bridgehead atoms. The fourth-order valence-corrected chi connectivity index (χ4v) is 2.01. The van der Waals surface area contributed by atoms with Crippen LogP contribution >= 0.6 is 0 Å². The van der Waals surface area contributed by atoms with Gasteiger partial charge in [-0.15, -0.1) is 0 Å². The van der Waals surface area contributed by atoms with E-state index in [-0.39, 0.29) is 12.1 Å². The van der Waals surface area contributed by atoms with Gasteiger partial charge in [-0.05, 0) is 43.3 Å². The summed E-state index contributed by atoms with van der Waals surface area (Å²) < 4.78 is 31.3. The molecule has 2 aromatic carbocycles. The molecule has 2 rings (SSSR count). The smallest absolute Gasteiger partial charge is 0.271 e. The maximum atomic E-state index is 13.5. The molecule has 6 nitrogen and oxygen atoms in total. The third-order valence-electron chi connectivity index (χ3n) is 3.32. The Bertz CT molecular complexity index is 836. The number of hydrogen-bond donors (Lipinski definition) is 2. The molecule has 8 heteroatoms. The van der Waals surface area contributed by atoms with E-state index in [0.717, 1.165) is 12.1 Å². The lowest BCUT2D eigenvalue weighted by Crippen LogP contribution is -2.21. The van der Waals surface area contributed by atoms with Gasteiger partial charge in [-0.3, -0.25) is 9.59 Å². The van der Waals surface area contributed by atoms with Crippen LogP contribution in [0.15, 0.2) is 47.6 Å². The Morgan fingerprint density at radius 1 is 1.12 bits per heavy atom. The number of hydrazone groups is 1. The number of anilines is 1. The van der Waals surface area contributed by atoms with Gasteiger partial charge in [0.1, 0.15) is 17.4 Å². The van der Waals surface area contributed by atoms with Gasteiger partial charge in [-0.25, -0.2) is 14.2 Å². The van der Waals surface area contributed by atoms with Crippen LogP contribution in [0.25, 0.3) is 0 Å². The Morgan fingerprint density at radius 2 is 1.81 bits per heavy atom. The van der Waals surface area contributed by atoms with E-state index in [1.54, 1.807) is 24.3 Å². The molecule has 136 valence electrons. The van der Waals surface area contributed by atoms with Crippen LogP contribution in [0.4, 0.5) is 14.5 Å². The summed E-state index contributed by atoms with van der Waals surface area (Å²) >= 11 is 0. The van der Waals surface area contributed by atoms with Gasteiger partial charge in [0.2, 0.25) is 5.91 Å². The van der Waals surface area contributed by atoms with E-state index in [1.165, 1.54) is 14.0 Å². The lowest BCUT2D eigenvalue weighted by molar-refractivity contribution is -0.115. The molecule has 0 aliphatic heterocycles. The van der Waals surface area contributed by atoms with E-state index >= 15 is 0 Å². The molecular weight excluding hydrogens is 344 g/mol. The van der Waals surface area contributed by atoms with Crippen LogP contribution < -0.4 is 15.5 Å². The van der Waals surface area contributed by atoms with Crippen molar-refractivity contribution in [3.8, 4) is 5.75 Å². The Hall–Kier alpha value is -3.29. The minimum atomic E-state index is -0.874. The first-order valence-electron chi connectivity index (χ1n) is 7.61. The average Bonchev–Trinajstić information content (AvgIpc) is 2.62. The van der Waals surface area contributed by atoms with Crippen molar-refractivity contribution in [2.75, 3.05) is 12.4 Å². The number of benzene rings is 2. The van der Waals surface area contributed by atoms with Crippen LogP contribution in [-0.4, -0.2) is 24.6 Å². The summed E-state index contributed by atoms with van der Waals surface area (Å²) in [5.74, 6) is -1.99. The third-order valence-corrected chi connectivity index (χ3v) is 3.32. The van der Waals surface area contributed by atoms with Crippen LogP contribution in [0.2, 0.25) is 0 Å². The molecule has 26 heavy (non-hydrogen) atoms. The molecule has 0 aliphatic carbocycles. The molecule has 0 saturated carbocycles. The number of carbonyl (C=O) groups excluding carboxylic acids is 2. The molecule has 0 saturated heterocycles. The number of hydrogen-bond acceptors (Lipinski definition) is 4. The number of methoxy groups -OCH3 is 1. The number of rotatable bonds is 6. The first-order valence-corrected chi connectivity index (χ1v) is 7.61. The molecule has 0 fully saturated rings. The van der Waals surface area contributed by atoms with E-state index in [9.17, 15) is 18.4 Å². The van der Waals surface area contributed by atoms with Gasteiger partial charge < -0.3 is 10.1 Å². The first-order chi connectivity index (χ1) is 12.4. The number of carbonyl (C=O) groups is 2. The molecule has 0 aliphatic rings. The largest absolute Gasteiger partial charge is 0.497 e. The molecule has 0 heterocycles. The maximum Gasteiger partial charge on any atom is 0.271 e. The van der Waals surface area contributed by atoms with E-state index in [1.807, 2.05) is 0 Å². The summed E-state index contributed by atoms with van der Waals surface area (Å²) in [5.41, 5.74) is 2.88. The minimum Gasteiger partial charge on any atom is -0.497 e. The second-order valence-electron chi connectivity index (χ2n) is 5.37. The molecule has 0 atom stereocenters. The van der Waals surface area contributed by atoms with Crippen LogP contribution in [0.3, 0.4) is 0 Å². The normalized spacial score (nSPS) is 11.0. The highest BCUT2D eigenvalue weighted by Gasteiger charge is 2.10. The number of ether oxygens (including phenoxy) is 1. The highest BCUT2D eigenvalue weighted by molar-refractivity contribution is 6.06. The quantitative estimate of drug-likeness (QED) is 0.613. The molecule has 2 amide bonds. The van der Waals surface area contributed by atoms with Crippen LogP contribution in [0.5, 0.6) is 5.75 Å². The molecule has 2 N–H and O–H groups in total. The van der Waals surface area contributed by atoms with Crippen molar-refractivity contribution in [3.63, 3.8) is 0 Å². The molecule has 0 radical (unpaired) electrons. The van der Waals surface area contributed by atoms with Crippen molar-refractivity contribution in [1.29, 1.82) is 0 Å². The first kappa shape index (κ1) is 19.0. The highest BCUT2D eigenvalue weighted by Crippen LogP contribution is 2.15. The van der Waals surface area contributed by atoms with Crippen molar-refractivity contribution in [2.24, 2.45) is 5.10 Å². The Morgan fingerprint density at radius 3 is 2.42 bits per heavy atom. The molecule has 0 spiro atoms. The fraction of sp³-hybridized carbons (Fsp3) is 0.167. The standard InChI is InChI=1S/C18H17F2N3O3/c1-11(9-17(24)21-16-8-5-13(19)10-15(16)20)22-23-18(25)12-3-6-14(26-2)7-4-12/h3-8,10H,9H2,1-2H3,(H,21,24)(H,23,25)/b22-11+. The number of amides is 2. The van der Waals surface area contributed by atoms with Gasteiger partial charge in [0.05, 0.1) is 19.2 Å². The zero-order valence-electron chi connectivity index (χ0n) is 14.2. The Labute approximate surface area is 148 Å². The molecule has 2 aromatic rings. The van der Waals surface area contributed by atoms with Crippen LogP contribution in [0, 0.1) is 11.6 Å². The lowest BCUT2D eigenvalue weighted by atomic mass is 10.2. The monoisotopic (exact) mass is 361 g/mol. The zero-order valence-corrected chi connectivity index (χ0v) is 14.2. The summed E-state index contributed by atoms with van der Waals surface area (Å²) in [6, 6.07) is 9.25. The lowest BCUT2D eigenvalue weighted by Gasteiger charge is -2.07. The SMILES string of the molecule is COc1ccc(C(=O)N/N=C(\C)CC(=O)Nc2ccc(F)cc2F)cc1. The van der Waals surface area contributed by atoms with Gasteiger partial charge in [-0.1, -0.05) is 0 Å². The van der Waals surface area contributed by atoms with Gasteiger partial charge in [0.15, 0.2) is 0 Å². The second-order valence-corrected chi connectivity index (χ2v) is 5.37. The van der Waals surface area contributed by atoms with Crippen molar-refractivity contribution in [1.82, 2.24) is 5.43 Å². The summed E-state index contributed by atoms with van der Waals surface area (Å²) in [4.78, 5) is 23.8. The van der Waals surface area contributed by atoms with E-state index in [0.29, 0.717) is 23.1 Å². The van der Waals surface area contributed by atoms with E-state index < -0.39 is 23.4 Å². The number of nitrogens with one attached hydrogen (secondary N) is 2. The predicted molar refractivity (Wildman–Crippen MR) is 93.2 cm³/mol. The molecule has 0 unspecified atom stereocenters. The van der Waals surface area contributed by atoms with Gasteiger partial charge in [0.25, 0.3) is 5.91 Å². The number of halogens is 2. The third kappa shape index (κ3) is 5.37. The van der Waals surface area contributed by atoms with Crippen LogP contribution in [0.1, 0.15) is 23.7 Å². The topological polar surface area (TPSA) is 79.8 Å². The fourth-order valence-electron chi connectivity index (χ4n) is 2.01. The minimum absolute atomic E-state index is 0.133. The van der Waals surface area contributed by atoms with Crippen molar-refractivity contribution >= 4 is 23.2 Å². The number of nitrogens with zero attached hydrogens (tertiary/aromatic N) is 1. The molecular formula is C18H17F2N3O3. The predicted octanol–water partition coefficient (Wildman–Crippen LogP) is 3.11.